The van der Waals surface area contributed by atoms with Gasteiger partial charge >= 0.3 is 0 Å². The number of benzene rings is 2. The van der Waals surface area contributed by atoms with Gasteiger partial charge in [-0.25, -0.2) is 0 Å². The fourth-order valence-corrected chi connectivity index (χ4v) is 2.49. The maximum Gasteiger partial charge on any atom is 0.0480 e. The maximum absolute atomic E-state index is 6.13. The van der Waals surface area contributed by atoms with E-state index in [1.54, 1.807) is 0 Å². The van der Waals surface area contributed by atoms with E-state index in [-0.39, 0.29) is 0 Å². The molecule has 0 saturated carbocycles. The van der Waals surface area contributed by atoms with Crippen LogP contribution in [0.3, 0.4) is 0 Å². The maximum atomic E-state index is 6.13. The average Bonchev–Trinajstić information content (AvgIpc) is 2.58. The lowest BCUT2D eigenvalue weighted by molar-refractivity contribution is 1.47. The number of aromatic amines is 1. The summed E-state index contributed by atoms with van der Waals surface area (Å²) in [6.45, 7) is 4.03. The van der Waals surface area contributed by atoms with Crippen LogP contribution in [0.25, 0.3) is 21.8 Å². The third kappa shape index (κ3) is 1.62. The van der Waals surface area contributed by atoms with Gasteiger partial charge in [-0.05, 0) is 49.2 Å². The topological polar surface area (TPSA) is 15.8 Å². The van der Waals surface area contributed by atoms with E-state index in [4.69, 9.17) is 23.2 Å². The molecule has 1 aromatic heterocycles. The molecule has 1 heterocycles. The van der Waals surface area contributed by atoms with Crippen molar-refractivity contribution in [3.8, 4) is 0 Å². The summed E-state index contributed by atoms with van der Waals surface area (Å²) in [5.41, 5.74) is 4.29. The molecule has 0 radical (unpaired) electrons. The van der Waals surface area contributed by atoms with E-state index in [0.29, 0.717) is 0 Å². The first kappa shape index (κ1) is 10.9. The molecule has 0 aliphatic carbocycles. The van der Waals surface area contributed by atoms with Crippen molar-refractivity contribution in [2.45, 2.75) is 13.8 Å². The highest BCUT2D eigenvalue weighted by Gasteiger charge is 2.08. The molecule has 0 aliphatic heterocycles. The number of fused-ring (bicyclic) bond motifs is 3. The van der Waals surface area contributed by atoms with Gasteiger partial charge in [0.05, 0.1) is 0 Å². The quantitative estimate of drug-likeness (QED) is 0.571. The number of rotatable bonds is 0. The first-order valence-corrected chi connectivity index (χ1v) is 6.19. The van der Waals surface area contributed by atoms with Gasteiger partial charge in [-0.3, -0.25) is 0 Å². The Hall–Kier alpha value is -1.18. The van der Waals surface area contributed by atoms with Crippen molar-refractivity contribution in [2.75, 3.05) is 0 Å². The predicted molar refractivity (Wildman–Crippen MR) is 75.3 cm³/mol. The normalized spacial score (nSPS) is 11.5. The highest BCUT2D eigenvalue weighted by molar-refractivity contribution is 6.33. The molecule has 0 aliphatic rings. The van der Waals surface area contributed by atoms with Crippen molar-refractivity contribution in [3.05, 3.63) is 45.4 Å². The van der Waals surface area contributed by atoms with E-state index in [9.17, 15) is 0 Å². The molecule has 0 atom stereocenters. The van der Waals surface area contributed by atoms with Crippen LogP contribution in [-0.2, 0) is 0 Å². The van der Waals surface area contributed by atoms with Crippen LogP contribution in [0.2, 0.25) is 10.0 Å². The molecular weight excluding hydrogens is 253 g/mol. The van der Waals surface area contributed by atoms with Crippen LogP contribution in [0.4, 0.5) is 0 Å². The summed E-state index contributed by atoms with van der Waals surface area (Å²) in [4.78, 5) is 3.35. The van der Waals surface area contributed by atoms with Gasteiger partial charge in [0.2, 0.25) is 0 Å². The lowest BCUT2D eigenvalue weighted by atomic mass is 10.1. The second kappa shape index (κ2) is 3.66. The van der Waals surface area contributed by atoms with Gasteiger partial charge < -0.3 is 4.98 Å². The molecule has 1 N–H and O–H groups in total. The van der Waals surface area contributed by atoms with Gasteiger partial charge in [-0.15, -0.1) is 0 Å². The number of hydrogen-bond acceptors (Lipinski definition) is 0. The summed E-state index contributed by atoms with van der Waals surface area (Å²) in [6, 6.07) is 8.17. The summed E-state index contributed by atoms with van der Waals surface area (Å²) in [5.74, 6) is 0. The number of H-pyrrole nitrogens is 1. The minimum Gasteiger partial charge on any atom is -0.354 e. The van der Waals surface area contributed by atoms with E-state index in [1.165, 1.54) is 10.8 Å². The third-order valence-electron chi connectivity index (χ3n) is 3.16. The van der Waals surface area contributed by atoms with Gasteiger partial charge in [0.15, 0.2) is 0 Å². The molecule has 2 aromatic carbocycles. The van der Waals surface area contributed by atoms with Crippen LogP contribution in [0.1, 0.15) is 11.1 Å². The van der Waals surface area contributed by atoms with Gasteiger partial charge in [-0.1, -0.05) is 23.2 Å². The van der Waals surface area contributed by atoms with Crippen molar-refractivity contribution in [2.24, 2.45) is 0 Å². The molecule has 0 unspecified atom stereocenters. The highest BCUT2D eigenvalue weighted by Crippen LogP contribution is 2.32. The van der Waals surface area contributed by atoms with Gasteiger partial charge in [0.1, 0.15) is 0 Å². The standard InChI is InChI=1S/C14H11Cl2N/c1-7-3-9-10-4-8(2)12(16)6-14(10)17-13(9)5-11(7)15/h3-6,17H,1-2H3. The fraction of sp³-hybridized carbons (Fsp3) is 0.143. The summed E-state index contributed by atoms with van der Waals surface area (Å²) >= 11 is 12.3. The molecule has 3 rings (SSSR count). The first-order chi connectivity index (χ1) is 8.06. The molecule has 0 bridgehead atoms. The minimum atomic E-state index is 0.784. The second-order valence-electron chi connectivity index (χ2n) is 4.42. The molecule has 17 heavy (non-hydrogen) atoms. The van der Waals surface area contributed by atoms with Crippen molar-refractivity contribution in [1.29, 1.82) is 0 Å². The number of nitrogens with one attached hydrogen (secondary N) is 1. The summed E-state index contributed by atoms with van der Waals surface area (Å²) in [5, 5.41) is 3.96. The van der Waals surface area contributed by atoms with E-state index in [1.807, 2.05) is 26.0 Å². The average molecular weight is 264 g/mol. The monoisotopic (exact) mass is 263 g/mol. The Labute approximate surface area is 109 Å². The van der Waals surface area contributed by atoms with E-state index < -0.39 is 0 Å². The van der Waals surface area contributed by atoms with E-state index >= 15 is 0 Å². The van der Waals surface area contributed by atoms with Gasteiger partial charge in [0, 0.05) is 31.9 Å². The van der Waals surface area contributed by atoms with Crippen LogP contribution in [-0.4, -0.2) is 4.98 Å². The SMILES string of the molecule is Cc1cc2c(cc1Cl)[nH]c1cc(Cl)c(C)cc12. The Balaban J connectivity index is 2.51. The van der Waals surface area contributed by atoms with E-state index in [2.05, 4.69) is 17.1 Å². The number of halogens is 2. The Morgan fingerprint density at radius 3 is 1.59 bits per heavy atom. The zero-order valence-corrected chi connectivity index (χ0v) is 11.1. The highest BCUT2D eigenvalue weighted by atomic mass is 35.5. The molecule has 86 valence electrons. The van der Waals surface area contributed by atoms with Crippen molar-refractivity contribution in [3.63, 3.8) is 0 Å². The van der Waals surface area contributed by atoms with Gasteiger partial charge in [0.25, 0.3) is 0 Å². The summed E-state index contributed by atoms with van der Waals surface area (Å²) in [7, 11) is 0. The Morgan fingerprint density at radius 1 is 0.765 bits per heavy atom. The summed E-state index contributed by atoms with van der Waals surface area (Å²) < 4.78 is 0. The Bertz CT molecular complexity index is 679. The molecule has 1 nitrogen and oxygen atoms in total. The van der Waals surface area contributed by atoms with Crippen LogP contribution in [0.15, 0.2) is 24.3 Å². The van der Waals surface area contributed by atoms with Crippen LogP contribution < -0.4 is 0 Å². The summed E-state index contributed by atoms with van der Waals surface area (Å²) in [6.07, 6.45) is 0. The van der Waals surface area contributed by atoms with Crippen molar-refractivity contribution < 1.29 is 0 Å². The minimum absolute atomic E-state index is 0.784. The lowest BCUT2D eigenvalue weighted by Crippen LogP contribution is -1.76. The molecule has 0 saturated heterocycles. The zero-order chi connectivity index (χ0) is 12.2. The van der Waals surface area contributed by atoms with Crippen molar-refractivity contribution >= 4 is 45.0 Å². The molecule has 0 fully saturated rings. The van der Waals surface area contributed by atoms with Crippen LogP contribution in [0.5, 0.6) is 0 Å². The lowest BCUT2D eigenvalue weighted by Gasteiger charge is -1.99. The van der Waals surface area contributed by atoms with Crippen molar-refractivity contribution in [1.82, 2.24) is 4.98 Å². The zero-order valence-electron chi connectivity index (χ0n) is 9.57. The Morgan fingerprint density at radius 2 is 1.18 bits per heavy atom. The van der Waals surface area contributed by atoms with Gasteiger partial charge in [-0.2, -0.15) is 0 Å². The number of aryl methyl sites for hydroxylation is 2. The predicted octanol–water partition coefficient (Wildman–Crippen LogP) is 5.24. The largest absolute Gasteiger partial charge is 0.354 e. The smallest absolute Gasteiger partial charge is 0.0480 e. The number of aromatic nitrogens is 1. The molecule has 0 amide bonds. The molecular formula is C14H11Cl2N. The third-order valence-corrected chi connectivity index (χ3v) is 3.97. The molecule has 3 aromatic rings. The van der Waals surface area contributed by atoms with Crippen LogP contribution >= 0.6 is 23.2 Å². The van der Waals surface area contributed by atoms with Crippen LogP contribution in [0, 0.1) is 13.8 Å². The molecule has 0 spiro atoms. The molecule has 3 heteroatoms. The van der Waals surface area contributed by atoms with E-state index in [0.717, 1.165) is 32.2 Å². The number of hydrogen-bond donors (Lipinski definition) is 1. The Kier molecular flexibility index (Phi) is 2.35. The second-order valence-corrected chi connectivity index (χ2v) is 5.23. The fourth-order valence-electron chi connectivity index (χ4n) is 2.16. The first-order valence-electron chi connectivity index (χ1n) is 5.44.